The highest BCUT2D eigenvalue weighted by molar-refractivity contribution is 5.46. The predicted molar refractivity (Wildman–Crippen MR) is 94.9 cm³/mol. The summed E-state index contributed by atoms with van der Waals surface area (Å²) in [5, 5.41) is 0. The van der Waals surface area contributed by atoms with Gasteiger partial charge in [-0.25, -0.2) is 0 Å². The smallest absolute Gasteiger partial charge is 0.125 e. The van der Waals surface area contributed by atoms with Gasteiger partial charge in [0.25, 0.3) is 0 Å². The van der Waals surface area contributed by atoms with Crippen molar-refractivity contribution in [2.75, 3.05) is 6.61 Å². The first-order chi connectivity index (χ1) is 10.2. The highest BCUT2D eigenvalue weighted by Crippen LogP contribution is 2.36. The fourth-order valence-electron chi connectivity index (χ4n) is 2.22. The zero-order valence-electron chi connectivity index (χ0n) is 15.5. The summed E-state index contributed by atoms with van der Waals surface area (Å²) >= 11 is 0. The van der Waals surface area contributed by atoms with Crippen LogP contribution in [-0.2, 0) is 0 Å². The van der Waals surface area contributed by atoms with Crippen LogP contribution in [-0.4, -0.2) is 12.7 Å². The molecule has 0 saturated carbocycles. The Morgan fingerprint density at radius 3 is 2.09 bits per heavy atom. The Hall–Kier alpha value is -1.44. The number of benzene rings is 1. The van der Waals surface area contributed by atoms with E-state index in [4.69, 9.17) is 9.47 Å². The van der Waals surface area contributed by atoms with Crippen LogP contribution in [0.2, 0.25) is 0 Å². The molecule has 0 aliphatic heterocycles. The molecule has 1 aromatic rings. The molecule has 0 bridgehead atoms. The fraction of sp³-hybridized carbons (Fsp3) is 0.600. The van der Waals surface area contributed by atoms with Crippen LogP contribution in [0, 0.1) is 25.2 Å². The van der Waals surface area contributed by atoms with E-state index in [2.05, 4.69) is 60.6 Å². The molecule has 0 aliphatic rings. The van der Waals surface area contributed by atoms with Crippen molar-refractivity contribution in [2.24, 2.45) is 11.3 Å². The molecule has 1 atom stereocenters. The van der Waals surface area contributed by atoms with E-state index in [1.54, 1.807) is 0 Å². The minimum Gasteiger partial charge on any atom is -0.490 e. The summed E-state index contributed by atoms with van der Waals surface area (Å²) in [6, 6.07) is 4.11. The summed E-state index contributed by atoms with van der Waals surface area (Å²) in [7, 11) is 0. The van der Waals surface area contributed by atoms with E-state index in [1.807, 2.05) is 19.1 Å². The Balaban J connectivity index is 2.92. The van der Waals surface area contributed by atoms with Crippen molar-refractivity contribution in [3.8, 4) is 11.5 Å². The largest absolute Gasteiger partial charge is 0.490 e. The lowest BCUT2D eigenvalue weighted by Gasteiger charge is -2.36. The lowest BCUT2D eigenvalue weighted by Crippen LogP contribution is -2.36. The Kier molecular flexibility index (Phi) is 6.52. The zero-order chi connectivity index (χ0) is 16.9. The van der Waals surface area contributed by atoms with Gasteiger partial charge in [0, 0.05) is 5.41 Å². The maximum Gasteiger partial charge on any atom is 0.125 e. The van der Waals surface area contributed by atoms with Crippen molar-refractivity contribution in [1.29, 1.82) is 0 Å². The van der Waals surface area contributed by atoms with Crippen molar-refractivity contribution in [2.45, 2.75) is 61.5 Å². The summed E-state index contributed by atoms with van der Waals surface area (Å²) < 4.78 is 12.0. The van der Waals surface area contributed by atoms with Gasteiger partial charge in [-0.15, -0.1) is 0 Å². The van der Waals surface area contributed by atoms with Crippen LogP contribution in [0.4, 0.5) is 0 Å². The average Bonchev–Trinajstić information content (AvgIpc) is 2.42. The molecule has 2 nitrogen and oxygen atoms in total. The predicted octanol–water partition coefficient (Wildman–Crippen LogP) is 5.71. The molecule has 0 spiro atoms. The first kappa shape index (κ1) is 18.6. The molecule has 0 heterocycles. The number of ether oxygens (including phenoxy) is 2. The number of hydrogen-bond donors (Lipinski definition) is 0. The average molecular weight is 304 g/mol. The van der Waals surface area contributed by atoms with Gasteiger partial charge < -0.3 is 9.47 Å². The maximum absolute atomic E-state index is 6.31. The van der Waals surface area contributed by atoms with Gasteiger partial charge in [-0.3, -0.25) is 0 Å². The minimum atomic E-state index is 0.125. The second-order valence-corrected chi connectivity index (χ2v) is 7.00. The van der Waals surface area contributed by atoms with E-state index in [1.165, 1.54) is 0 Å². The molecular formula is C20H32O2. The van der Waals surface area contributed by atoms with Crippen LogP contribution >= 0.6 is 0 Å². The summed E-state index contributed by atoms with van der Waals surface area (Å²) in [5.41, 5.74) is 2.38. The molecule has 1 unspecified atom stereocenters. The summed E-state index contributed by atoms with van der Waals surface area (Å²) in [6.45, 7) is 18.0. The van der Waals surface area contributed by atoms with E-state index in [0.29, 0.717) is 12.5 Å². The van der Waals surface area contributed by atoms with E-state index < -0.39 is 0 Å². The van der Waals surface area contributed by atoms with E-state index in [-0.39, 0.29) is 11.5 Å². The van der Waals surface area contributed by atoms with Crippen molar-refractivity contribution in [3.05, 3.63) is 35.4 Å². The van der Waals surface area contributed by atoms with Gasteiger partial charge in [0.2, 0.25) is 0 Å². The standard InChI is InChI=1S/C20H32O2/c1-9-10-11-21-18-12-15(4)19(16(5)13-18)22-17(6)20(7,8)14(2)3/h9-10,12-14,17H,11H2,1-8H3/b10-9+. The Bertz CT molecular complexity index is 489. The van der Waals surface area contributed by atoms with E-state index >= 15 is 0 Å². The highest BCUT2D eigenvalue weighted by atomic mass is 16.5. The van der Waals surface area contributed by atoms with Crippen molar-refractivity contribution in [1.82, 2.24) is 0 Å². The topological polar surface area (TPSA) is 18.5 Å². The fourth-order valence-corrected chi connectivity index (χ4v) is 2.22. The summed E-state index contributed by atoms with van der Waals surface area (Å²) in [5.74, 6) is 2.45. The van der Waals surface area contributed by atoms with Gasteiger partial charge in [-0.05, 0) is 56.9 Å². The van der Waals surface area contributed by atoms with Gasteiger partial charge >= 0.3 is 0 Å². The molecule has 1 aromatic carbocycles. The second kappa shape index (κ2) is 7.71. The molecule has 0 saturated heterocycles. The molecule has 22 heavy (non-hydrogen) atoms. The molecule has 0 radical (unpaired) electrons. The van der Waals surface area contributed by atoms with Gasteiger partial charge in [-0.2, -0.15) is 0 Å². The third-order valence-corrected chi connectivity index (χ3v) is 4.85. The van der Waals surface area contributed by atoms with Gasteiger partial charge in [0.05, 0.1) is 0 Å². The van der Waals surface area contributed by atoms with E-state index in [9.17, 15) is 0 Å². The van der Waals surface area contributed by atoms with E-state index in [0.717, 1.165) is 22.6 Å². The molecule has 0 amide bonds. The third-order valence-electron chi connectivity index (χ3n) is 4.85. The lowest BCUT2D eigenvalue weighted by atomic mass is 9.77. The first-order valence-corrected chi connectivity index (χ1v) is 8.22. The monoisotopic (exact) mass is 304 g/mol. The quantitative estimate of drug-likeness (QED) is 0.601. The molecule has 0 aliphatic carbocycles. The van der Waals surface area contributed by atoms with Crippen molar-refractivity contribution < 1.29 is 9.47 Å². The summed E-state index contributed by atoms with van der Waals surface area (Å²) in [6.07, 6.45) is 4.15. The third kappa shape index (κ3) is 4.53. The van der Waals surface area contributed by atoms with Crippen LogP contribution in [0.3, 0.4) is 0 Å². The zero-order valence-corrected chi connectivity index (χ0v) is 15.5. The first-order valence-electron chi connectivity index (χ1n) is 8.22. The van der Waals surface area contributed by atoms with Gasteiger partial charge in [0.15, 0.2) is 0 Å². The SMILES string of the molecule is C/C=C/COc1cc(C)c(OC(C)C(C)(C)C(C)C)c(C)c1. The summed E-state index contributed by atoms with van der Waals surface area (Å²) in [4.78, 5) is 0. The van der Waals surface area contributed by atoms with Crippen LogP contribution < -0.4 is 9.47 Å². The molecule has 2 heteroatoms. The molecule has 0 fully saturated rings. The number of aryl methyl sites for hydroxylation is 2. The van der Waals surface area contributed by atoms with Gasteiger partial charge in [-0.1, -0.05) is 39.8 Å². The Morgan fingerprint density at radius 1 is 1.09 bits per heavy atom. The van der Waals surface area contributed by atoms with Crippen LogP contribution in [0.1, 0.15) is 52.7 Å². The second-order valence-electron chi connectivity index (χ2n) is 7.00. The maximum atomic E-state index is 6.31. The molecule has 0 aromatic heterocycles. The van der Waals surface area contributed by atoms with Crippen LogP contribution in [0.15, 0.2) is 24.3 Å². The normalized spacial score (nSPS) is 13.7. The lowest BCUT2D eigenvalue weighted by molar-refractivity contribution is 0.0502. The van der Waals surface area contributed by atoms with Gasteiger partial charge in [0.1, 0.15) is 24.2 Å². The molecule has 1 rings (SSSR count). The number of hydrogen-bond acceptors (Lipinski definition) is 2. The van der Waals surface area contributed by atoms with Crippen LogP contribution in [0.5, 0.6) is 11.5 Å². The highest BCUT2D eigenvalue weighted by Gasteiger charge is 2.31. The van der Waals surface area contributed by atoms with Crippen molar-refractivity contribution in [3.63, 3.8) is 0 Å². The van der Waals surface area contributed by atoms with Crippen LogP contribution in [0.25, 0.3) is 0 Å². The van der Waals surface area contributed by atoms with Crippen molar-refractivity contribution >= 4 is 0 Å². The molecular weight excluding hydrogens is 272 g/mol. The number of rotatable bonds is 7. The molecule has 0 N–H and O–H groups in total. The molecule has 124 valence electrons. The minimum absolute atomic E-state index is 0.125. The Morgan fingerprint density at radius 2 is 1.64 bits per heavy atom. The Labute approximate surface area is 136 Å². The number of allylic oxidation sites excluding steroid dienone is 1.